The number of hydrogen-bond donors (Lipinski definition) is 1. The van der Waals surface area contributed by atoms with Gasteiger partial charge >= 0.3 is 0 Å². The van der Waals surface area contributed by atoms with Gasteiger partial charge in [0.15, 0.2) is 5.96 Å². The zero-order valence-electron chi connectivity index (χ0n) is 17.2. The third-order valence-electron chi connectivity index (χ3n) is 6.35. The second-order valence-electron chi connectivity index (χ2n) is 8.05. The molecule has 2 saturated heterocycles. The molecule has 0 aromatic carbocycles. The minimum Gasteiger partial charge on any atom is -0.357 e. The molecule has 27 heavy (non-hydrogen) atoms. The van der Waals surface area contributed by atoms with Gasteiger partial charge in [-0.2, -0.15) is 11.8 Å². The quantitative estimate of drug-likeness (QED) is 0.582. The van der Waals surface area contributed by atoms with Crippen LogP contribution in [-0.2, 0) is 4.79 Å². The number of nitrogens with zero attached hydrogens (tertiary/aromatic N) is 4. The summed E-state index contributed by atoms with van der Waals surface area (Å²) in [4.78, 5) is 23.8. The Hall–Kier alpha value is -0.950. The van der Waals surface area contributed by atoms with Crippen molar-refractivity contribution in [3.8, 4) is 0 Å². The number of carbonyl (C=O) groups excluding carboxylic acids is 1. The molecule has 0 atom stereocenters. The van der Waals surface area contributed by atoms with Gasteiger partial charge in [-0.25, -0.2) is 0 Å². The highest BCUT2D eigenvalue weighted by molar-refractivity contribution is 7.99. The number of aliphatic imine (C=N–C) groups is 1. The first-order valence-corrected chi connectivity index (χ1v) is 11.9. The van der Waals surface area contributed by atoms with Gasteiger partial charge in [-0.15, -0.1) is 0 Å². The summed E-state index contributed by atoms with van der Waals surface area (Å²) in [5, 5.41) is 3.51. The zero-order valence-corrected chi connectivity index (χ0v) is 18.0. The fourth-order valence-corrected chi connectivity index (χ4v) is 5.61. The van der Waals surface area contributed by atoms with Crippen LogP contribution in [-0.4, -0.2) is 96.0 Å². The molecule has 2 heterocycles. The van der Waals surface area contributed by atoms with Crippen molar-refractivity contribution in [2.24, 2.45) is 4.99 Å². The van der Waals surface area contributed by atoms with Gasteiger partial charge in [0.1, 0.15) is 0 Å². The molecule has 3 aliphatic rings. The minimum absolute atomic E-state index is 0.181. The van der Waals surface area contributed by atoms with Gasteiger partial charge in [0.25, 0.3) is 0 Å². The summed E-state index contributed by atoms with van der Waals surface area (Å²) >= 11 is 2.09. The number of thioether (sulfide) groups is 1. The Kier molecular flexibility index (Phi) is 7.70. The van der Waals surface area contributed by atoms with Crippen LogP contribution in [0.4, 0.5) is 0 Å². The molecule has 0 unspecified atom stereocenters. The van der Waals surface area contributed by atoms with Gasteiger partial charge in [-0.1, -0.05) is 19.3 Å². The first-order valence-electron chi connectivity index (χ1n) is 10.8. The third kappa shape index (κ3) is 5.31. The standard InChI is InChI=1S/C20H37N5OS/c1-3-21-19(24-11-9-23(10-12-24)18(2)26)22-17-20(7-5-4-6-8-20)25-13-15-27-16-14-25/h3-17H2,1-2H3,(H,21,22). The highest BCUT2D eigenvalue weighted by atomic mass is 32.2. The van der Waals surface area contributed by atoms with E-state index >= 15 is 0 Å². The first-order chi connectivity index (χ1) is 13.1. The molecule has 0 spiro atoms. The van der Waals surface area contributed by atoms with Gasteiger partial charge < -0.3 is 15.1 Å². The molecule has 154 valence electrons. The molecule has 1 N–H and O–H groups in total. The van der Waals surface area contributed by atoms with Gasteiger partial charge in [-0.3, -0.25) is 14.7 Å². The Balaban J connectivity index is 1.69. The van der Waals surface area contributed by atoms with Crippen molar-refractivity contribution >= 4 is 23.6 Å². The van der Waals surface area contributed by atoms with Crippen molar-refractivity contribution < 1.29 is 4.79 Å². The van der Waals surface area contributed by atoms with Gasteiger partial charge in [0.2, 0.25) is 5.91 Å². The fraction of sp³-hybridized carbons (Fsp3) is 0.900. The summed E-state index contributed by atoms with van der Waals surface area (Å²) in [6.07, 6.45) is 6.64. The molecule has 1 saturated carbocycles. The summed E-state index contributed by atoms with van der Waals surface area (Å²) in [6.45, 7) is 11.4. The Morgan fingerprint density at radius 1 is 1.00 bits per heavy atom. The van der Waals surface area contributed by atoms with Crippen LogP contribution >= 0.6 is 11.8 Å². The van der Waals surface area contributed by atoms with E-state index in [1.807, 2.05) is 4.90 Å². The molecular formula is C20H37N5OS. The average molecular weight is 396 g/mol. The topological polar surface area (TPSA) is 51.2 Å². The molecule has 0 radical (unpaired) electrons. The summed E-state index contributed by atoms with van der Waals surface area (Å²) in [6, 6.07) is 0. The van der Waals surface area contributed by atoms with Gasteiger partial charge in [0, 0.05) is 69.8 Å². The van der Waals surface area contributed by atoms with Crippen LogP contribution in [0.3, 0.4) is 0 Å². The molecule has 1 aliphatic carbocycles. The highest BCUT2D eigenvalue weighted by Crippen LogP contribution is 2.35. The van der Waals surface area contributed by atoms with Crippen LogP contribution in [0.15, 0.2) is 4.99 Å². The number of amides is 1. The Morgan fingerprint density at radius 3 is 2.22 bits per heavy atom. The van der Waals surface area contributed by atoms with E-state index in [1.165, 1.54) is 56.7 Å². The fourth-order valence-electron chi connectivity index (χ4n) is 4.70. The van der Waals surface area contributed by atoms with E-state index in [1.54, 1.807) is 6.92 Å². The van der Waals surface area contributed by atoms with Crippen molar-refractivity contribution in [1.82, 2.24) is 20.0 Å². The molecule has 3 rings (SSSR count). The van der Waals surface area contributed by atoms with Crippen LogP contribution in [0.2, 0.25) is 0 Å². The predicted molar refractivity (Wildman–Crippen MR) is 115 cm³/mol. The first kappa shape index (κ1) is 20.8. The third-order valence-corrected chi connectivity index (χ3v) is 7.29. The lowest BCUT2D eigenvalue weighted by atomic mass is 9.80. The maximum atomic E-state index is 11.6. The smallest absolute Gasteiger partial charge is 0.219 e. The van der Waals surface area contributed by atoms with E-state index in [2.05, 4.69) is 33.8 Å². The molecule has 3 fully saturated rings. The second kappa shape index (κ2) is 10.0. The molecule has 0 aromatic rings. The summed E-state index contributed by atoms with van der Waals surface area (Å²) in [5.41, 5.74) is 0.265. The van der Waals surface area contributed by atoms with Crippen LogP contribution in [0, 0.1) is 0 Å². The van der Waals surface area contributed by atoms with E-state index in [0.29, 0.717) is 0 Å². The van der Waals surface area contributed by atoms with Crippen molar-refractivity contribution in [1.29, 1.82) is 0 Å². The summed E-state index contributed by atoms with van der Waals surface area (Å²) in [7, 11) is 0. The molecule has 6 nitrogen and oxygen atoms in total. The van der Waals surface area contributed by atoms with Crippen molar-refractivity contribution in [2.75, 3.05) is 63.9 Å². The number of guanidine groups is 1. The van der Waals surface area contributed by atoms with Gasteiger partial charge in [-0.05, 0) is 19.8 Å². The molecule has 7 heteroatoms. The minimum atomic E-state index is 0.181. The van der Waals surface area contributed by atoms with Crippen LogP contribution in [0.1, 0.15) is 46.0 Å². The number of piperazine rings is 1. The molecule has 0 aromatic heterocycles. The van der Waals surface area contributed by atoms with Crippen molar-refractivity contribution in [2.45, 2.75) is 51.5 Å². The SMILES string of the molecule is CCNC(=NCC1(N2CCSCC2)CCCCC1)N1CCN(C(C)=O)CC1. The van der Waals surface area contributed by atoms with E-state index in [9.17, 15) is 4.79 Å². The van der Waals surface area contributed by atoms with E-state index in [-0.39, 0.29) is 11.4 Å². The predicted octanol–water partition coefficient (Wildman–Crippen LogP) is 1.87. The van der Waals surface area contributed by atoms with E-state index < -0.39 is 0 Å². The van der Waals surface area contributed by atoms with Crippen LogP contribution in [0.25, 0.3) is 0 Å². The van der Waals surface area contributed by atoms with E-state index in [0.717, 1.165) is 45.2 Å². The molecule has 0 bridgehead atoms. The number of nitrogens with one attached hydrogen (secondary N) is 1. The molecular weight excluding hydrogens is 358 g/mol. The number of hydrogen-bond acceptors (Lipinski definition) is 4. The highest BCUT2D eigenvalue weighted by Gasteiger charge is 2.38. The summed E-state index contributed by atoms with van der Waals surface area (Å²) in [5.74, 6) is 3.75. The van der Waals surface area contributed by atoms with Gasteiger partial charge in [0.05, 0.1) is 6.54 Å². The van der Waals surface area contributed by atoms with E-state index in [4.69, 9.17) is 4.99 Å². The largest absolute Gasteiger partial charge is 0.357 e. The monoisotopic (exact) mass is 395 g/mol. The Bertz CT molecular complexity index is 507. The Labute approximate surface area is 169 Å². The lowest BCUT2D eigenvalue weighted by Crippen LogP contribution is -2.56. The van der Waals surface area contributed by atoms with Crippen LogP contribution in [0.5, 0.6) is 0 Å². The number of rotatable bonds is 4. The lowest BCUT2D eigenvalue weighted by molar-refractivity contribution is -0.130. The maximum absolute atomic E-state index is 11.6. The molecule has 2 aliphatic heterocycles. The molecule has 1 amide bonds. The Morgan fingerprint density at radius 2 is 1.63 bits per heavy atom. The summed E-state index contributed by atoms with van der Waals surface area (Å²) < 4.78 is 0. The zero-order chi connectivity index (χ0) is 19.1. The number of carbonyl (C=O) groups is 1. The lowest BCUT2D eigenvalue weighted by Gasteiger charge is -2.47. The van der Waals surface area contributed by atoms with Crippen molar-refractivity contribution in [3.63, 3.8) is 0 Å². The maximum Gasteiger partial charge on any atom is 0.219 e. The van der Waals surface area contributed by atoms with Crippen molar-refractivity contribution in [3.05, 3.63) is 0 Å². The average Bonchev–Trinajstić information content (AvgIpc) is 2.72. The normalized spacial score (nSPS) is 24.7. The second-order valence-corrected chi connectivity index (χ2v) is 9.27. The van der Waals surface area contributed by atoms with Crippen LogP contribution < -0.4 is 5.32 Å².